The van der Waals surface area contributed by atoms with Crippen molar-refractivity contribution < 1.29 is 4.79 Å². The van der Waals surface area contributed by atoms with Gasteiger partial charge in [-0.05, 0) is 36.4 Å². The summed E-state index contributed by atoms with van der Waals surface area (Å²) in [6.45, 7) is 0. The highest BCUT2D eigenvalue weighted by Crippen LogP contribution is 2.20. The molecule has 0 aliphatic heterocycles. The number of rotatable bonds is 3. The molecule has 0 spiro atoms. The quantitative estimate of drug-likeness (QED) is 0.551. The van der Waals surface area contributed by atoms with Crippen LogP contribution in [0.3, 0.4) is 0 Å². The fourth-order valence-corrected chi connectivity index (χ4v) is 3.07. The maximum Gasteiger partial charge on any atom is 0.259 e. The molecule has 0 aliphatic carbocycles. The number of fused-ring (bicyclic) bond motifs is 1. The van der Waals surface area contributed by atoms with Gasteiger partial charge in [-0.25, -0.2) is 9.98 Å². The average molecular weight is 353 g/mol. The molecule has 4 N–H and O–H groups in total. The number of aliphatic imine (C=N–C) groups is 1. The van der Waals surface area contributed by atoms with Gasteiger partial charge in [-0.1, -0.05) is 23.5 Å². The molecule has 8 heteroatoms. The number of para-hydroxylation sites is 1. The molecule has 1 aromatic heterocycles. The molecule has 3 rings (SSSR count). The van der Waals surface area contributed by atoms with Crippen molar-refractivity contribution in [2.24, 2.45) is 16.5 Å². The Kier molecular flexibility index (Phi) is 4.44. The Labute approximate surface area is 147 Å². The van der Waals surface area contributed by atoms with Crippen molar-refractivity contribution in [1.29, 1.82) is 0 Å². The smallest absolute Gasteiger partial charge is 0.259 e. The van der Waals surface area contributed by atoms with Crippen molar-refractivity contribution >= 4 is 44.9 Å². The van der Waals surface area contributed by atoms with E-state index in [-0.39, 0.29) is 16.6 Å². The van der Waals surface area contributed by atoms with Crippen LogP contribution in [0.1, 0.15) is 10.4 Å². The van der Waals surface area contributed by atoms with Gasteiger partial charge in [-0.15, -0.1) is 0 Å². The monoisotopic (exact) mass is 353 g/mol. The van der Waals surface area contributed by atoms with Crippen LogP contribution in [0.25, 0.3) is 10.9 Å². The molecule has 0 atom stereocenters. The third-order valence-electron chi connectivity index (χ3n) is 3.49. The first kappa shape index (κ1) is 16.6. The van der Waals surface area contributed by atoms with Gasteiger partial charge in [0.1, 0.15) is 0 Å². The molecule has 0 saturated carbocycles. The van der Waals surface area contributed by atoms with Crippen molar-refractivity contribution in [2.75, 3.05) is 11.9 Å². The van der Waals surface area contributed by atoms with Crippen LogP contribution in [0.5, 0.6) is 0 Å². The zero-order chi connectivity index (χ0) is 18.0. The number of nitrogens with zero attached hydrogens (tertiary/aromatic N) is 3. The van der Waals surface area contributed by atoms with E-state index in [0.717, 1.165) is 11.3 Å². The van der Waals surface area contributed by atoms with E-state index in [9.17, 15) is 9.59 Å². The molecule has 1 heterocycles. The van der Waals surface area contributed by atoms with Gasteiger partial charge in [-0.3, -0.25) is 14.5 Å². The number of anilines is 1. The standard InChI is InChI=1S/C17H15N5O2S/c1-22(14(23)10-6-8-11(9-7-10)20-16(18)19)17-21-13-5-3-2-4-12(13)15(24)25-17/h2-9H,1H3,(H4,18,19,20). The molecule has 1 amide bonds. The first-order valence-electron chi connectivity index (χ1n) is 7.33. The van der Waals surface area contributed by atoms with E-state index in [1.807, 2.05) is 0 Å². The minimum atomic E-state index is -0.283. The Morgan fingerprint density at radius 3 is 2.48 bits per heavy atom. The number of carbonyl (C=O) groups excluding carboxylic acids is 1. The van der Waals surface area contributed by atoms with E-state index in [2.05, 4.69) is 9.98 Å². The minimum absolute atomic E-state index is 0.0543. The average Bonchev–Trinajstić information content (AvgIpc) is 2.60. The molecule has 2 aromatic carbocycles. The van der Waals surface area contributed by atoms with Crippen LogP contribution in [-0.4, -0.2) is 23.9 Å². The van der Waals surface area contributed by atoms with Gasteiger partial charge in [0.2, 0.25) is 4.74 Å². The van der Waals surface area contributed by atoms with E-state index in [1.54, 1.807) is 55.6 Å². The highest BCUT2D eigenvalue weighted by molar-refractivity contribution is 7.13. The summed E-state index contributed by atoms with van der Waals surface area (Å²) in [6, 6.07) is 13.5. The van der Waals surface area contributed by atoms with E-state index >= 15 is 0 Å². The molecule has 0 fully saturated rings. The number of amides is 1. The van der Waals surface area contributed by atoms with Gasteiger partial charge >= 0.3 is 0 Å². The molecule has 3 aromatic rings. The lowest BCUT2D eigenvalue weighted by atomic mass is 10.2. The van der Waals surface area contributed by atoms with E-state index in [4.69, 9.17) is 11.5 Å². The molecule has 25 heavy (non-hydrogen) atoms. The number of hydrogen-bond donors (Lipinski definition) is 2. The van der Waals surface area contributed by atoms with E-state index in [0.29, 0.717) is 27.3 Å². The predicted octanol–water partition coefficient (Wildman–Crippen LogP) is 1.84. The van der Waals surface area contributed by atoms with Crippen molar-refractivity contribution in [3.63, 3.8) is 0 Å². The van der Waals surface area contributed by atoms with E-state index in [1.165, 1.54) is 4.90 Å². The lowest BCUT2D eigenvalue weighted by Gasteiger charge is -2.15. The van der Waals surface area contributed by atoms with E-state index < -0.39 is 0 Å². The summed E-state index contributed by atoms with van der Waals surface area (Å²) in [5.41, 5.74) is 12.2. The van der Waals surface area contributed by atoms with Crippen molar-refractivity contribution in [1.82, 2.24) is 4.98 Å². The zero-order valence-corrected chi connectivity index (χ0v) is 14.2. The molecule has 0 saturated heterocycles. The fraction of sp³-hybridized carbons (Fsp3) is 0.0588. The Morgan fingerprint density at radius 1 is 1.12 bits per heavy atom. The fourth-order valence-electron chi connectivity index (χ4n) is 2.26. The number of benzene rings is 2. The number of aromatic nitrogens is 1. The first-order chi connectivity index (χ1) is 12.0. The molecule has 0 radical (unpaired) electrons. The summed E-state index contributed by atoms with van der Waals surface area (Å²) in [5.74, 6) is -0.337. The summed E-state index contributed by atoms with van der Waals surface area (Å²) in [7, 11) is 1.58. The summed E-state index contributed by atoms with van der Waals surface area (Å²) in [5, 5.41) is 0.876. The topological polar surface area (TPSA) is 115 Å². The van der Waals surface area contributed by atoms with Crippen LogP contribution < -0.4 is 21.1 Å². The summed E-state index contributed by atoms with van der Waals surface area (Å²) >= 11 is 0.933. The van der Waals surface area contributed by atoms with Gasteiger partial charge in [0.15, 0.2) is 11.1 Å². The summed E-state index contributed by atoms with van der Waals surface area (Å²) in [4.78, 5) is 34.5. The van der Waals surface area contributed by atoms with Crippen LogP contribution in [0.4, 0.5) is 10.8 Å². The minimum Gasteiger partial charge on any atom is -0.370 e. The largest absolute Gasteiger partial charge is 0.370 e. The highest BCUT2D eigenvalue weighted by atomic mass is 32.1. The van der Waals surface area contributed by atoms with Gasteiger partial charge in [0.05, 0.1) is 16.6 Å². The van der Waals surface area contributed by atoms with Gasteiger partial charge in [-0.2, -0.15) is 0 Å². The van der Waals surface area contributed by atoms with Crippen LogP contribution in [0.2, 0.25) is 0 Å². The first-order valence-corrected chi connectivity index (χ1v) is 8.15. The normalized spacial score (nSPS) is 10.4. The number of carbonyl (C=O) groups is 1. The predicted molar refractivity (Wildman–Crippen MR) is 101 cm³/mol. The second-order valence-corrected chi connectivity index (χ2v) is 6.19. The van der Waals surface area contributed by atoms with Crippen molar-refractivity contribution in [3.05, 3.63) is 63.6 Å². The highest BCUT2D eigenvalue weighted by Gasteiger charge is 2.17. The second kappa shape index (κ2) is 6.70. The van der Waals surface area contributed by atoms with Crippen LogP contribution in [0.15, 0.2) is 58.3 Å². The maximum atomic E-state index is 12.6. The third-order valence-corrected chi connectivity index (χ3v) is 4.44. The lowest BCUT2D eigenvalue weighted by molar-refractivity contribution is 0.0993. The van der Waals surface area contributed by atoms with Crippen LogP contribution >= 0.6 is 11.3 Å². The Morgan fingerprint density at radius 2 is 1.80 bits per heavy atom. The van der Waals surface area contributed by atoms with Crippen molar-refractivity contribution in [3.8, 4) is 0 Å². The molecule has 7 nitrogen and oxygen atoms in total. The van der Waals surface area contributed by atoms with Gasteiger partial charge in [0, 0.05) is 12.6 Å². The zero-order valence-electron chi connectivity index (χ0n) is 13.3. The van der Waals surface area contributed by atoms with Gasteiger partial charge < -0.3 is 11.5 Å². The molecule has 0 aliphatic rings. The maximum absolute atomic E-state index is 12.6. The Balaban J connectivity index is 1.92. The second-order valence-electron chi connectivity index (χ2n) is 5.25. The Bertz CT molecular complexity index is 1020. The van der Waals surface area contributed by atoms with Crippen LogP contribution in [0, 0.1) is 0 Å². The number of hydrogen-bond acceptors (Lipinski definition) is 5. The summed E-state index contributed by atoms with van der Waals surface area (Å²) in [6.07, 6.45) is 0. The molecular weight excluding hydrogens is 338 g/mol. The molecule has 0 unspecified atom stereocenters. The Hall–Kier alpha value is -3.26. The third kappa shape index (κ3) is 3.48. The lowest BCUT2D eigenvalue weighted by Crippen LogP contribution is -2.27. The SMILES string of the molecule is CN(C(=O)c1ccc(N=C(N)N)cc1)c1nc2ccccc2c(=O)s1. The summed E-state index contributed by atoms with van der Waals surface area (Å²) < 4.78 is -0.136. The van der Waals surface area contributed by atoms with Crippen molar-refractivity contribution in [2.45, 2.75) is 0 Å². The van der Waals surface area contributed by atoms with Crippen LogP contribution in [-0.2, 0) is 0 Å². The van der Waals surface area contributed by atoms with Gasteiger partial charge in [0.25, 0.3) is 5.91 Å². The number of nitrogens with two attached hydrogens (primary N) is 2. The number of guanidine groups is 1. The molecule has 0 bridgehead atoms. The molecule has 126 valence electrons. The molecular formula is C17H15N5O2S.